The number of fused-ring (bicyclic) bond motifs is 4. The second-order valence-electron chi connectivity index (χ2n) is 5.59. The maximum atomic E-state index is 12.8. The Bertz CT molecular complexity index is 1240. The molecule has 0 atom stereocenters. The molecule has 0 amide bonds. The third kappa shape index (κ3) is 2.09. The number of rotatable bonds is 2. The van der Waals surface area contributed by atoms with Gasteiger partial charge in [0.05, 0.1) is 22.7 Å². The quantitative estimate of drug-likeness (QED) is 0.553. The Labute approximate surface area is 145 Å². The minimum Gasteiger partial charge on any atom is -0.493 e. The number of hydrogen-bond donors (Lipinski definition) is 0. The molecule has 2 aromatic carbocycles. The lowest BCUT2D eigenvalue weighted by atomic mass is 10.2. The van der Waals surface area contributed by atoms with Crippen LogP contribution in [0, 0.1) is 0 Å². The molecular weight excluding hydrogens is 340 g/mol. The molecule has 5 rings (SSSR count). The molecule has 0 bridgehead atoms. The molecule has 0 aliphatic carbocycles. The highest BCUT2D eigenvalue weighted by Crippen LogP contribution is 2.41. The zero-order chi connectivity index (χ0) is 17.0. The Morgan fingerprint density at radius 3 is 3.04 bits per heavy atom. The van der Waals surface area contributed by atoms with Gasteiger partial charge < -0.3 is 14.2 Å². The molecule has 0 unspecified atom stereocenters. The van der Waals surface area contributed by atoms with E-state index in [1.165, 1.54) is 11.3 Å². The Kier molecular flexibility index (Phi) is 2.98. The summed E-state index contributed by atoms with van der Waals surface area (Å²) in [7, 11) is 1.57. The Hall–Kier alpha value is -3.06. The van der Waals surface area contributed by atoms with Crippen LogP contribution in [0.4, 0.5) is 0 Å². The Morgan fingerprint density at radius 2 is 2.16 bits per heavy atom. The minimum atomic E-state index is -0.0784. The first-order valence-electron chi connectivity index (χ1n) is 7.64. The van der Waals surface area contributed by atoms with E-state index >= 15 is 0 Å². The summed E-state index contributed by atoms with van der Waals surface area (Å²) in [5.41, 5.74) is 2.38. The highest BCUT2D eigenvalue weighted by Gasteiger charge is 2.20. The van der Waals surface area contributed by atoms with Gasteiger partial charge in [-0.15, -0.1) is 0 Å². The van der Waals surface area contributed by atoms with Crippen molar-refractivity contribution in [2.24, 2.45) is 0 Å². The van der Waals surface area contributed by atoms with Crippen molar-refractivity contribution in [1.82, 2.24) is 9.38 Å². The maximum Gasteiger partial charge on any atom is 0.274 e. The molecule has 1 aliphatic heterocycles. The van der Waals surface area contributed by atoms with Crippen LogP contribution in [-0.2, 0) is 0 Å². The van der Waals surface area contributed by atoms with Gasteiger partial charge in [-0.25, -0.2) is 9.38 Å². The van der Waals surface area contributed by atoms with Crippen molar-refractivity contribution in [2.75, 3.05) is 13.9 Å². The highest BCUT2D eigenvalue weighted by atomic mass is 32.1. The number of ether oxygens (including phenoxy) is 3. The molecule has 3 heterocycles. The van der Waals surface area contributed by atoms with Crippen molar-refractivity contribution in [2.45, 2.75) is 0 Å². The molecule has 124 valence electrons. The lowest BCUT2D eigenvalue weighted by molar-refractivity contribution is 0.171. The predicted octanol–water partition coefficient (Wildman–Crippen LogP) is 2.19. The zero-order valence-corrected chi connectivity index (χ0v) is 14.0. The number of methoxy groups -OCH3 is 1. The number of hydrogen-bond acceptors (Lipinski definition) is 6. The normalized spacial score (nSPS) is 13.9. The first-order valence-corrected chi connectivity index (χ1v) is 8.45. The average Bonchev–Trinajstić information content (AvgIpc) is 3.30. The van der Waals surface area contributed by atoms with Gasteiger partial charge in [-0.1, -0.05) is 23.5 Å². The summed E-state index contributed by atoms with van der Waals surface area (Å²) < 4.78 is 18.4. The summed E-state index contributed by atoms with van der Waals surface area (Å²) in [6.07, 6.45) is 1.82. The minimum absolute atomic E-state index is 0.0784. The first-order chi connectivity index (χ1) is 12.2. The average molecular weight is 352 g/mol. The molecule has 0 spiro atoms. The van der Waals surface area contributed by atoms with Crippen molar-refractivity contribution < 1.29 is 14.2 Å². The van der Waals surface area contributed by atoms with Crippen LogP contribution in [0.25, 0.3) is 22.1 Å². The molecule has 0 saturated carbocycles. The van der Waals surface area contributed by atoms with E-state index in [9.17, 15) is 4.79 Å². The second-order valence-corrected chi connectivity index (χ2v) is 6.60. The van der Waals surface area contributed by atoms with E-state index in [4.69, 9.17) is 14.2 Å². The number of para-hydroxylation sites is 2. The molecule has 1 aliphatic rings. The van der Waals surface area contributed by atoms with Gasteiger partial charge in [0.15, 0.2) is 16.5 Å². The van der Waals surface area contributed by atoms with E-state index in [0.29, 0.717) is 26.7 Å². The van der Waals surface area contributed by atoms with Gasteiger partial charge >= 0.3 is 0 Å². The molecule has 25 heavy (non-hydrogen) atoms. The van der Waals surface area contributed by atoms with Crippen molar-refractivity contribution in [1.29, 1.82) is 0 Å². The van der Waals surface area contributed by atoms with Crippen LogP contribution in [0.3, 0.4) is 0 Å². The monoisotopic (exact) mass is 352 g/mol. The SMILES string of the molecule is COc1cc(/C=c2\sc3nc4ccccc4n3c2=O)cc2c1OCO2. The fourth-order valence-corrected chi connectivity index (χ4v) is 3.98. The van der Waals surface area contributed by atoms with Crippen LogP contribution in [0.1, 0.15) is 5.56 Å². The molecular formula is C18H12N2O4S. The Morgan fingerprint density at radius 1 is 1.28 bits per heavy atom. The summed E-state index contributed by atoms with van der Waals surface area (Å²) in [5.74, 6) is 1.79. The van der Waals surface area contributed by atoms with E-state index in [1.807, 2.05) is 42.5 Å². The van der Waals surface area contributed by atoms with Crippen molar-refractivity contribution >= 4 is 33.4 Å². The summed E-state index contributed by atoms with van der Waals surface area (Å²) in [5, 5.41) is 0. The van der Waals surface area contributed by atoms with Gasteiger partial charge in [0.25, 0.3) is 5.56 Å². The highest BCUT2D eigenvalue weighted by molar-refractivity contribution is 7.15. The van der Waals surface area contributed by atoms with E-state index in [1.54, 1.807) is 11.5 Å². The largest absolute Gasteiger partial charge is 0.493 e. The predicted molar refractivity (Wildman–Crippen MR) is 94.7 cm³/mol. The van der Waals surface area contributed by atoms with Gasteiger partial charge in [0, 0.05) is 0 Å². The number of imidazole rings is 1. The molecule has 0 fully saturated rings. The fraction of sp³-hybridized carbons (Fsp3) is 0.111. The summed E-state index contributed by atoms with van der Waals surface area (Å²) in [6.45, 7) is 0.167. The lowest BCUT2D eigenvalue weighted by Crippen LogP contribution is -2.22. The standard InChI is InChI=1S/C18H12N2O4S/c1-22-13-6-10(7-14-16(13)24-9-23-14)8-15-17(21)20-12-5-3-2-4-11(12)19-18(20)25-15/h2-8H,9H2,1H3/b15-8-. The van der Waals surface area contributed by atoms with Gasteiger partial charge in [-0.3, -0.25) is 4.79 Å². The van der Waals surface area contributed by atoms with Gasteiger partial charge in [-0.2, -0.15) is 0 Å². The molecule has 2 aromatic heterocycles. The third-order valence-corrected chi connectivity index (χ3v) is 5.09. The van der Waals surface area contributed by atoms with Crippen LogP contribution in [-0.4, -0.2) is 23.3 Å². The van der Waals surface area contributed by atoms with E-state index in [-0.39, 0.29) is 12.4 Å². The molecule has 0 saturated heterocycles. The van der Waals surface area contributed by atoms with Crippen LogP contribution < -0.4 is 24.3 Å². The fourth-order valence-electron chi connectivity index (χ4n) is 3.00. The number of nitrogens with zero attached hydrogens (tertiary/aromatic N) is 2. The summed E-state index contributed by atoms with van der Waals surface area (Å²) >= 11 is 1.36. The number of aromatic nitrogens is 2. The van der Waals surface area contributed by atoms with Crippen LogP contribution in [0.5, 0.6) is 17.2 Å². The van der Waals surface area contributed by atoms with Gasteiger partial charge in [0.1, 0.15) is 0 Å². The van der Waals surface area contributed by atoms with Crippen LogP contribution in [0.2, 0.25) is 0 Å². The lowest BCUT2D eigenvalue weighted by Gasteiger charge is -2.05. The summed E-state index contributed by atoms with van der Waals surface area (Å²) in [6, 6.07) is 11.3. The van der Waals surface area contributed by atoms with E-state index in [0.717, 1.165) is 16.6 Å². The van der Waals surface area contributed by atoms with Crippen molar-refractivity contribution in [3.8, 4) is 17.2 Å². The maximum absolute atomic E-state index is 12.8. The molecule has 7 heteroatoms. The smallest absolute Gasteiger partial charge is 0.274 e. The third-order valence-electron chi connectivity index (χ3n) is 4.12. The first kappa shape index (κ1) is 14.3. The summed E-state index contributed by atoms with van der Waals surface area (Å²) in [4.78, 5) is 18.0. The number of benzene rings is 2. The molecule has 0 radical (unpaired) electrons. The Balaban J connectivity index is 1.74. The zero-order valence-electron chi connectivity index (χ0n) is 13.2. The molecule has 4 aromatic rings. The number of thiazole rings is 1. The van der Waals surface area contributed by atoms with Crippen molar-refractivity contribution in [3.05, 3.63) is 56.8 Å². The van der Waals surface area contributed by atoms with Crippen molar-refractivity contribution in [3.63, 3.8) is 0 Å². The second kappa shape index (κ2) is 5.22. The van der Waals surface area contributed by atoms with E-state index in [2.05, 4.69) is 4.98 Å². The van der Waals surface area contributed by atoms with Crippen LogP contribution >= 0.6 is 11.3 Å². The van der Waals surface area contributed by atoms with Gasteiger partial charge in [0.2, 0.25) is 12.5 Å². The molecule has 6 nitrogen and oxygen atoms in total. The topological polar surface area (TPSA) is 62.1 Å². The van der Waals surface area contributed by atoms with Crippen LogP contribution in [0.15, 0.2) is 41.2 Å². The molecule has 0 N–H and O–H groups in total. The van der Waals surface area contributed by atoms with Gasteiger partial charge in [-0.05, 0) is 35.9 Å². The van der Waals surface area contributed by atoms with E-state index < -0.39 is 0 Å².